The molecule has 1 aromatic carbocycles. The summed E-state index contributed by atoms with van der Waals surface area (Å²) in [5, 5.41) is 3.34. The average Bonchev–Trinajstić information content (AvgIpc) is 2.06. The van der Waals surface area contributed by atoms with Crippen LogP contribution in [0.15, 0.2) is 12.1 Å². The van der Waals surface area contributed by atoms with Crippen LogP contribution in [0, 0.1) is 6.92 Å². The van der Waals surface area contributed by atoms with Crippen molar-refractivity contribution in [2.75, 3.05) is 5.32 Å². The summed E-state index contributed by atoms with van der Waals surface area (Å²) in [5.41, 5.74) is 2.03. The topological polar surface area (TPSA) is 38.3 Å². The van der Waals surface area contributed by atoms with Gasteiger partial charge in [-0.05, 0) is 38.5 Å². The fourth-order valence-corrected chi connectivity index (χ4v) is 2.07. The zero-order valence-corrected chi connectivity index (χ0v) is 9.61. The number of nitrogens with one attached hydrogen (secondary N) is 1. The first-order chi connectivity index (χ1) is 6.90. The van der Waals surface area contributed by atoms with Gasteiger partial charge in [0.1, 0.15) is 5.60 Å². The summed E-state index contributed by atoms with van der Waals surface area (Å²) in [6.45, 7) is 5.60. The van der Waals surface area contributed by atoms with Crippen LogP contribution in [0.4, 0.5) is 10.5 Å². The molecule has 0 aliphatic carbocycles. The van der Waals surface area contributed by atoms with E-state index in [0.717, 1.165) is 16.8 Å². The Balaban J connectivity index is 2.67. The number of hydrogen-bond acceptors (Lipinski definition) is 2. The van der Waals surface area contributed by atoms with E-state index in [1.54, 1.807) is 0 Å². The van der Waals surface area contributed by atoms with Crippen molar-refractivity contribution in [2.24, 2.45) is 0 Å². The number of halogens is 1. The number of amides is 1. The second kappa shape index (κ2) is 3.14. The van der Waals surface area contributed by atoms with Crippen molar-refractivity contribution in [1.29, 1.82) is 0 Å². The van der Waals surface area contributed by atoms with Crippen molar-refractivity contribution in [3.63, 3.8) is 0 Å². The molecule has 0 saturated heterocycles. The normalized spacial score (nSPS) is 17.7. The minimum Gasteiger partial charge on any atom is -0.438 e. The molecule has 0 radical (unpaired) electrons. The molecule has 0 aromatic heterocycles. The van der Waals surface area contributed by atoms with Gasteiger partial charge in [0.2, 0.25) is 0 Å². The molecular weight excluding hydrogens is 214 g/mol. The summed E-state index contributed by atoms with van der Waals surface area (Å²) in [5.74, 6) is 0. The van der Waals surface area contributed by atoms with E-state index in [1.807, 2.05) is 32.9 Å². The predicted octanol–water partition coefficient (Wildman–Crippen LogP) is 3.45. The summed E-state index contributed by atoms with van der Waals surface area (Å²) < 4.78 is 5.20. The number of carbonyl (C=O) groups is 1. The zero-order chi connectivity index (χ0) is 11.2. The highest BCUT2D eigenvalue weighted by molar-refractivity contribution is 6.30. The monoisotopic (exact) mass is 225 g/mol. The van der Waals surface area contributed by atoms with Crippen molar-refractivity contribution < 1.29 is 9.53 Å². The van der Waals surface area contributed by atoms with Gasteiger partial charge in [-0.3, -0.25) is 5.32 Å². The van der Waals surface area contributed by atoms with Gasteiger partial charge in [0, 0.05) is 10.6 Å². The lowest BCUT2D eigenvalue weighted by atomic mass is 9.93. The number of benzene rings is 1. The first kappa shape index (κ1) is 10.3. The summed E-state index contributed by atoms with van der Waals surface area (Å²) in [7, 11) is 0. The van der Waals surface area contributed by atoms with E-state index in [1.165, 1.54) is 0 Å². The van der Waals surface area contributed by atoms with Crippen LogP contribution in [-0.2, 0) is 10.3 Å². The largest absolute Gasteiger partial charge is 0.438 e. The molecule has 0 fully saturated rings. The first-order valence-electron chi connectivity index (χ1n) is 4.71. The van der Waals surface area contributed by atoms with Crippen LogP contribution >= 0.6 is 11.6 Å². The van der Waals surface area contributed by atoms with E-state index in [4.69, 9.17) is 16.3 Å². The Morgan fingerprint density at radius 1 is 1.40 bits per heavy atom. The molecule has 1 aliphatic heterocycles. The van der Waals surface area contributed by atoms with Crippen molar-refractivity contribution in [1.82, 2.24) is 0 Å². The molecule has 0 atom stereocenters. The van der Waals surface area contributed by atoms with Crippen LogP contribution in [0.5, 0.6) is 0 Å². The van der Waals surface area contributed by atoms with E-state index in [-0.39, 0.29) is 0 Å². The summed E-state index contributed by atoms with van der Waals surface area (Å²) in [4.78, 5) is 11.3. The van der Waals surface area contributed by atoms with Gasteiger partial charge in [-0.25, -0.2) is 4.79 Å². The molecule has 15 heavy (non-hydrogen) atoms. The van der Waals surface area contributed by atoms with E-state index < -0.39 is 11.7 Å². The Morgan fingerprint density at radius 2 is 2.07 bits per heavy atom. The Hall–Kier alpha value is -1.22. The molecule has 3 nitrogen and oxygen atoms in total. The van der Waals surface area contributed by atoms with Crippen LogP contribution in [0.2, 0.25) is 5.02 Å². The number of fused-ring (bicyclic) bond motifs is 1. The summed E-state index contributed by atoms with van der Waals surface area (Å²) in [6, 6.07) is 3.64. The number of hydrogen-bond donors (Lipinski definition) is 1. The lowest BCUT2D eigenvalue weighted by Gasteiger charge is -2.33. The van der Waals surface area contributed by atoms with Gasteiger partial charge in [-0.15, -0.1) is 0 Å². The van der Waals surface area contributed by atoms with Crippen LogP contribution < -0.4 is 5.32 Å². The smallest absolute Gasteiger partial charge is 0.412 e. The van der Waals surface area contributed by atoms with Crippen molar-refractivity contribution in [3.05, 3.63) is 28.3 Å². The highest BCUT2D eigenvalue weighted by Crippen LogP contribution is 2.38. The molecule has 1 amide bonds. The minimum atomic E-state index is -0.632. The number of carbonyl (C=O) groups excluding carboxylic acids is 1. The standard InChI is InChI=1S/C11H12ClNO2/c1-6-4-7(12)5-8-9(6)13-10(14)15-11(8,2)3/h4-5H,1-3H3,(H,13,14). The lowest BCUT2D eigenvalue weighted by Crippen LogP contribution is -2.35. The highest BCUT2D eigenvalue weighted by atomic mass is 35.5. The van der Waals surface area contributed by atoms with E-state index in [2.05, 4.69) is 5.32 Å². The molecule has 80 valence electrons. The minimum absolute atomic E-state index is 0.419. The number of cyclic esters (lactones) is 1. The van der Waals surface area contributed by atoms with Gasteiger partial charge in [-0.1, -0.05) is 11.6 Å². The molecule has 1 N–H and O–H groups in total. The molecule has 0 bridgehead atoms. The maximum absolute atomic E-state index is 11.3. The number of rotatable bonds is 0. The van der Waals surface area contributed by atoms with Gasteiger partial charge < -0.3 is 4.74 Å². The molecule has 4 heteroatoms. The fourth-order valence-electron chi connectivity index (χ4n) is 1.80. The molecule has 2 rings (SSSR count). The van der Waals surface area contributed by atoms with Gasteiger partial charge >= 0.3 is 6.09 Å². The molecule has 0 saturated carbocycles. The first-order valence-corrected chi connectivity index (χ1v) is 5.08. The van der Waals surface area contributed by atoms with E-state index in [0.29, 0.717) is 5.02 Å². The Bertz CT molecular complexity index is 440. The third kappa shape index (κ3) is 1.67. The summed E-state index contributed by atoms with van der Waals surface area (Å²) >= 11 is 5.98. The van der Waals surface area contributed by atoms with E-state index >= 15 is 0 Å². The molecule has 0 spiro atoms. The number of ether oxygens (including phenoxy) is 1. The van der Waals surface area contributed by atoms with Gasteiger partial charge in [0.25, 0.3) is 0 Å². The van der Waals surface area contributed by atoms with Crippen molar-refractivity contribution in [2.45, 2.75) is 26.4 Å². The third-order valence-corrected chi connectivity index (χ3v) is 2.74. The predicted molar refractivity (Wildman–Crippen MR) is 59.3 cm³/mol. The number of aryl methyl sites for hydroxylation is 1. The quantitative estimate of drug-likeness (QED) is 0.735. The van der Waals surface area contributed by atoms with Gasteiger partial charge in [-0.2, -0.15) is 0 Å². The van der Waals surface area contributed by atoms with Gasteiger partial charge in [0.15, 0.2) is 0 Å². The molecular formula is C11H12ClNO2. The van der Waals surface area contributed by atoms with Crippen LogP contribution in [0.3, 0.4) is 0 Å². The second-order valence-electron chi connectivity index (χ2n) is 4.17. The maximum atomic E-state index is 11.3. The van der Waals surface area contributed by atoms with Crippen LogP contribution in [0.1, 0.15) is 25.0 Å². The zero-order valence-electron chi connectivity index (χ0n) is 8.85. The fraction of sp³-hybridized carbons (Fsp3) is 0.364. The van der Waals surface area contributed by atoms with Crippen LogP contribution in [-0.4, -0.2) is 6.09 Å². The van der Waals surface area contributed by atoms with Crippen molar-refractivity contribution >= 4 is 23.4 Å². The third-order valence-electron chi connectivity index (χ3n) is 2.52. The Kier molecular flexibility index (Phi) is 2.15. The molecule has 1 heterocycles. The maximum Gasteiger partial charge on any atom is 0.412 e. The SMILES string of the molecule is Cc1cc(Cl)cc2c1NC(=O)OC2(C)C. The van der Waals surface area contributed by atoms with Gasteiger partial charge in [0.05, 0.1) is 5.69 Å². The highest BCUT2D eigenvalue weighted by Gasteiger charge is 2.34. The average molecular weight is 226 g/mol. The van der Waals surface area contributed by atoms with Crippen LogP contribution in [0.25, 0.3) is 0 Å². The molecule has 0 unspecified atom stereocenters. The lowest BCUT2D eigenvalue weighted by molar-refractivity contribution is 0.0420. The van der Waals surface area contributed by atoms with Crippen molar-refractivity contribution in [3.8, 4) is 0 Å². The molecule has 1 aliphatic rings. The Labute approximate surface area is 93.4 Å². The van der Waals surface area contributed by atoms with E-state index in [9.17, 15) is 4.79 Å². The summed E-state index contributed by atoms with van der Waals surface area (Å²) in [6.07, 6.45) is -0.419. The molecule has 1 aromatic rings. The number of anilines is 1. The second-order valence-corrected chi connectivity index (χ2v) is 4.61. The Morgan fingerprint density at radius 3 is 2.73 bits per heavy atom.